The summed E-state index contributed by atoms with van der Waals surface area (Å²) in [6, 6.07) is 10.5. The monoisotopic (exact) mass is 358 g/mol. The molecule has 2 aromatic carbocycles. The Morgan fingerprint density at radius 1 is 1.00 bits per heavy atom. The van der Waals surface area contributed by atoms with Crippen LogP contribution in [0.4, 0.5) is 5.69 Å². The maximum absolute atomic E-state index is 12.8. The van der Waals surface area contributed by atoms with Gasteiger partial charge in [0.25, 0.3) is 15.9 Å². The molecule has 3 rings (SSSR count). The van der Waals surface area contributed by atoms with Crippen molar-refractivity contribution < 1.29 is 13.2 Å². The van der Waals surface area contributed by atoms with E-state index in [-0.39, 0.29) is 16.8 Å². The maximum atomic E-state index is 12.8. The van der Waals surface area contributed by atoms with Crippen LogP contribution in [0.5, 0.6) is 0 Å². The molecule has 1 aliphatic rings. The third-order valence-electron chi connectivity index (χ3n) is 4.13. The SMILES string of the molecule is Cc1cc(C)cc(NS(=O)(=O)c2cc(C(=O)NC3CC3)ccc2C)c1. The normalized spacial score (nSPS) is 14.2. The predicted molar refractivity (Wildman–Crippen MR) is 98.4 cm³/mol. The second-order valence-corrected chi connectivity index (χ2v) is 8.36. The number of nitrogens with one attached hydrogen (secondary N) is 2. The van der Waals surface area contributed by atoms with Crippen LogP contribution < -0.4 is 10.0 Å². The molecule has 0 saturated heterocycles. The molecule has 1 fully saturated rings. The Bertz CT molecular complexity index is 911. The van der Waals surface area contributed by atoms with Gasteiger partial charge in [0.05, 0.1) is 4.90 Å². The van der Waals surface area contributed by atoms with E-state index in [9.17, 15) is 13.2 Å². The van der Waals surface area contributed by atoms with Crippen molar-refractivity contribution in [3.63, 3.8) is 0 Å². The summed E-state index contributed by atoms with van der Waals surface area (Å²) in [6.45, 7) is 5.55. The zero-order valence-corrected chi connectivity index (χ0v) is 15.4. The van der Waals surface area contributed by atoms with Crippen molar-refractivity contribution in [1.82, 2.24) is 5.32 Å². The predicted octanol–water partition coefficient (Wildman–Crippen LogP) is 3.30. The number of hydrogen-bond donors (Lipinski definition) is 2. The van der Waals surface area contributed by atoms with Gasteiger partial charge in [0, 0.05) is 17.3 Å². The number of sulfonamides is 1. The van der Waals surface area contributed by atoms with Crippen LogP contribution in [-0.2, 0) is 10.0 Å². The van der Waals surface area contributed by atoms with Gasteiger partial charge in [0.15, 0.2) is 0 Å². The van der Waals surface area contributed by atoms with Crippen LogP contribution >= 0.6 is 0 Å². The standard InChI is InChI=1S/C19H22N2O3S/c1-12-8-13(2)10-17(9-12)21-25(23,24)18-11-15(5-4-14(18)3)19(22)20-16-6-7-16/h4-5,8-11,16,21H,6-7H2,1-3H3,(H,20,22). The first-order chi connectivity index (χ1) is 11.7. The topological polar surface area (TPSA) is 75.3 Å². The Kier molecular flexibility index (Phi) is 4.56. The minimum Gasteiger partial charge on any atom is -0.349 e. The molecule has 0 aromatic heterocycles. The van der Waals surface area contributed by atoms with Gasteiger partial charge in [0.1, 0.15) is 0 Å². The summed E-state index contributed by atoms with van der Waals surface area (Å²) < 4.78 is 28.2. The first kappa shape index (κ1) is 17.5. The van der Waals surface area contributed by atoms with Gasteiger partial charge in [0.2, 0.25) is 0 Å². The lowest BCUT2D eigenvalue weighted by Gasteiger charge is -2.13. The molecule has 1 amide bonds. The minimum absolute atomic E-state index is 0.120. The lowest BCUT2D eigenvalue weighted by atomic mass is 10.1. The fraction of sp³-hybridized carbons (Fsp3) is 0.316. The van der Waals surface area contributed by atoms with Gasteiger partial charge in [-0.1, -0.05) is 12.1 Å². The number of anilines is 1. The lowest BCUT2D eigenvalue weighted by molar-refractivity contribution is 0.0951. The molecule has 0 heterocycles. The summed E-state index contributed by atoms with van der Waals surface area (Å²) in [7, 11) is -3.78. The van der Waals surface area contributed by atoms with Crippen LogP contribution in [0.1, 0.15) is 39.9 Å². The van der Waals surface area contributed by atoms with E-state index in [0.29, 0.717) is 16.8 Å². The average molecular weight is 358 g/mol. The van der Waals surface area contributed by atoms with E-state index in [1.54, 1.807) is 31.2 Å². The summed E-state index contributed by atoms with van der Waals surface area (Å²) in [4.78, 5) is 12.3. The Hall–Kier alpha value is -2.34. The Balaban J connectivity index is 1.91. The third-order valence-corrected chi connectivity index (χ3v) is 5.65. The molecule has 0 atom stereocenters. The van der Waals surface area contributed by atoms with Crippen molar-refractivity contribution in [1.29, 1.82) is 0 Å². The summed E-state index contributed by atoms with van der Waals surface area (Å²) in [5, 5.41) is 2.88. The van der Waals surface area contributed by atoms with Crippen LogP contribution in [0.15, 0.2) is 41.3 Å². The smallest absolute Gasteiger partial charge is 0.262 e. The van der Waals surface area contributed by atoms with Gasteiger partial charge in [-0.15, -0.1) is 0 Å². The number of amides is 1. The molecule has 0 spiro atoms. The van der Waals surface area contributed by atoms with Crippen molar-refractivity contribution in [2.24, 2.45) is 0 Å². The fourth-order valence-electron chi connectivity index (χ4n) is 2.77. The van der Waals surface area contributed by atoms with Crippen molar-refractivity contribution in [2.45, 2.75) is 44.6 Å². The molecule has 1 aliphatic carbocycles. The highest BCUT2D eigenvalue weighted by Gasteiger charge is 2.25. The Morgan fingerprint density at radius 3 is 2.24 bits per heavy atom. The number of hydrogen-bond acceptors (Lipinski definition) is 3. The van der Waals surface area contributed by atoms with Crippen LogP contribution in [0.2, 0.25) is 0 Å². The van der Waals surface area contributed by atoms with E-state index in [4.69, 9.17) is 0 Å². The zero-order valence-electron chi connectivity index (χ0n) is 14.6. The molecule has 0 radical (unpaired) electrons. The van der Waals surface area contributed by atoms with E-state index in [1.165, 1.54) is 6.07 Å². The lowest BCUT2D eigenvalue weighted by Crippen LogP contribution is -2.26. The molecular formula is C19H22N2O3S. The second kappa shape index (κ2) is 6.52. The molecule has 5 nitrogen and oxygen atoms in total. The highest BCUT2D eigenvalue weighted by molar-refractivity contribution is 7.92. The molecule has 2 aromatic rings. The van der Waals surface area contributed by atoms with E-state index >= 15 is 0 Å². The maximum Gasteiger partial charge on any atom is 0.262 e. The molecule has 0 unspecified atom stereocenters. The van der Waals surface area contributed by atoms with Gasteiger partial charge in [-0.2, -0.15) is 0 Å². The number of carbonyl (C=O) groups excluding carboxylic acids is 1. The molecule has 1 saturated carbocycles. The van der Waals surface area contributed by atoms with Gasteiger partial charge in [-0.3, -0.25) is 9.52 Å². The van der Waals surface area contributed by atoms with E-state index in [0.717, 1.165) is 24.0 Å². The van der Waals surface area contributed by atoms with Crippen molar-refractivity contribution in [2.75, 3.05) is 4.72 Å². The molecule has 0 bridgehead atoms. The molecule has 2 N–H and O–H groups in total. The Labute approximate surface area is 148 Å². The Morgan fingerprint density at radius 2 is 1.64 bits per heavy atom. The second-order valence-electron chi connectivity index (χ2n) is 6.71. The molecular weight excluding hydrogens is 336 g/mol. The van der Waals surface area contributed by atoms with E-state index < -0.39 is 10.0 Å². The van der Waals surface area contributed by atoms with Crippen molar-refractivity contribution >= 4 is 21.6 Å². The van der Waals surface area contributed by atoms with Gasteiger partial charge >= 0.3 is 0 Å². The zero-order chi connectivity index (χ0) is 18.2. The van der Waals surface area contributed by atoms with Crippen LogP contribution in [-0.4, -0.2) is 20.4 Å². The molecule has 0 aliphatic heterocycles. The number of carbonyl (C=O) groups is 1. The molecule has 6 heteroatoms. The largest absolute Gasteiger partial charge is 0.349 e. The summed E-state index contributed by atoms with van der Waals surface area (Å²) in [5.74, 6) is -0.231. The van der Waals surface area contributed by atoms with Crippen LogP contribution in [0.3, 0.4) is 0 Å². The minimum atomic E-state index is -3.78. The van der Waals surface area contributed by atoms with E-state index in [2.05, 4.69) is 10.0 Å². The highest BCUT2D eigenvalue weighted by Crippen LogP contribution is 2.24. The molecule has 25 heavy (non-hydrogen) atoms. The molecule has 132 valence electrons. The van der Waals surface area contributed by atoms with Crippen LogP contribution in [0, 0.1) is 20.8 Å². The van der Waals surface area contributed by atoms with Gasteiger partial charge in [-0.05, 0) is 74.6 Å². The van der Waals surface area contributed by atoms with E-state index in [1.807, 2.05) is 19.9 Å². The third kappa shape index (κ3) is 4.20. The quantitative estimate of drug-likeness (QED) is 0.861. The summed E-state index contributed by atoms with van der Waals surface area (Å²) >= 11 is 0. The summed E-state index contributed by atoms with van der Waals surface area (Å²) in [5.41, 5.74) is 3.43. The van der Waals surface area contributed by atoms with Gasteiger partial charge < -0.3 is 5.32 Å². The van der Waals surface area contributed by atoms with Crippen molar-refractivity contribution in [3.05, 3.63) is 58.7 Å². The number of rotatable bonds is 5. The first-order valence-corrected chi connectivity index (χ1v) is 9.75. The van der Waals surface area contributed by atoms with Gasteiger partial charge in [-0.25, -0.2) is 8.42 Å². The first-order valence-electron chi connectivity index (χ1n) is 8.27. The summed E-state index contributed by atoms with van der Waals surface area (Å²) in [6.07, 6.45) is 1.97. The van der Waals surface area contributed by atoms with Crippen LogP contribution in [0.25, 0.3) is 0 Å². The average Bonchev–Trinajstić information content (AvgIpc) is 3.29. The highest BCUT2D eigenvalue weighted by atomic mass is 32.2. The fourth-order valence-corrected chi connectivity index (χ4v) is 4.08. The number of benzene rings is 2. The van der Waals surface area contributed by atoms with Crippen molar-refractivity contribution in [3.8, 4) is 0 Å². The number of aryl methyl sites for hydroxylation is 3.